The van der Waals surface area contributed by atoms with E-state index in [0.717, 1.165) is 18.8 Å². The lowest BCUT2D eigenvalue weighted by Crippen LogP contribution is -2.55. The first-order valence-electron chi connectivity index (χ1n) is 5.77. The molecule has 1 heterocycles. The first-order valence-corrected chi connectivity index (χ1v) is 5.77. The lowest BCUT2D eigenvalue weighted by molar-refractivity contribution is -0.143. The molecule has 1 aliphatic heterocycles. The number of nitrogens with one attached hydrogen (secondary N) is 1. The van der Waals surface area contributed by atoms with Crippen molar-refractivity contribution in [2.24, 2.45) is 5.92 Å². The summed E-state index contributed by atoms with van der Waals surface area (Å²) in [6.45, 7) is 2.52. The predicted octanol–water partition coefficient (Wildman–Crippen LogP) is 0.523. The van der Waals surface area contributed by atoms with Gasteiger partial charge in [-0.2, -0.15) is 0 Å². The van der Waals surface area contributed by atoms with E-state index in [1.165, 1.54) is 12.8 Å². The van der Waals surface area contributed by atoms with Crippen LogP contribution in [0.15, 0.2) is 0 Å². The molecule has 0 aromatic rings. The maximum atomic E-state index is 11.7. The largest absolute Gasteiger partial charge is 0.345 e. The summed E-state index contributed by atoms with van der Waals surface area (Å²) in [5.74, 6) is 0.846. The van der Waals surface area contributed by atoms with Crippen LogP contribution in [0.1, 0.15) is 32.6 Å². The zero-order valence-corrected chi connectivity index (χ0v) is 9.16. The number of piperazine rings is 1. The Hall–Kier alpha value is -1.06. The van der Waals surface area contributed by atoms with Crippen LogP contribution in [-0.2, 0) is 9.59 Å². The van der Waals surface area contributed by atoms with E-state index in [4.69, 9.17) is 0 Å². The molecule has 84 valence electrons. The lowest BCUT2D eigenvalue weighted by atomic mass is 10.0. The Balaban J connectivity index is 1.97. The maximum absolute atomic E-state index is 11.7. The van der Waals surface area contributed by atoms with Crippen LogP contribution >= 0.6 is 0 Å². The number of amides is 2. The van der Waals surface area contributed by atoms with E-state index in [-0.39, 0.29) is 30.9 Å². The fourth-order valence-corrected chi connectivity index (χ4v) is 2.16. The molecule has 0 aromatic carbocycles. The smallest absolute Gasteiger partial charge is 0.242 e. The second-order valence-corrected chi connectivity index (χ2v) is 4.54. The second-order valence-electron chi connectivity index (χ2n) is 4.54. The fourth-order valence-electron chi connectivity index (χ4n) is 2.16. The Morgan fingerprint density at radius 1 is 1.47 bits per heavy atom. The Morgan fingerprint density at radius 2 is 2.20 bits per heavy atom. The average Bonchev–Trinajstić information content (AvgIpc) is 3.02. The van der Waals surface area contributed by atoms with Crippen LogP contribution < -0.4 is 5.32 Å². The molecular weight excluding hydrogens is 192 g/mol. The summed E-state index contributed by atoms with van der Waals surface area (Å²) >= 11 is 0. The fraction of sp³-hybridized carbons (Fsp3) is 0.818. The van der Waals surface area contributed by atoms with Crippen LogP contribution in [0.25, 0.3) is 0 Å². The van der Waals surface area contributed by atoms with Crippen molar-refractivity contribution < 1.29 is 9.59 Å². The molecule has 1 saturated heterocycles. The standard InChI is InChI=1S/C11H18N2O2/c1-2-9(5-8-3-4-8)13-7-10(14)12-6-11(13)15/h8-9H,2-7H2,1H3,(H,12,14). The summed E-state index contributed by atoms with van der Waals surface area (Å²) in [4.78, 5) is 24.7. The average molecular weight is 210 g/mol. The van der Waals surface area contributed by atoms with Crippen LogP contribution in [0, 0.1) is 5.92 Å². The van der Waals surface area contributed by atoms with Crippen molar-refractivity contribution in [2.75, 3.05) is 13.1 Å². The van der Waals surface area contributed by atoms with Crippen molar-refractivity contribution >= 4 is 11.8 Å². The topological polar surface area (TPSA) is 49.4 Å². The quantitative estimate of drug-likeness (QED) is 0.735. The van der Waals surface area contributed by atoms with Crippen LogP contribution in [0.3, 0.4) is 0 Å². The van der Waals surface area contributed by atoms with E-state index in [2.05, 4.69) is 12.2 Å². The summed E-state index contributed by atoms with van der Waals surface area (Å²) in [6.07, 6.45) is 4.63. The molecule has 0 spiro atoms. The SMILES string of the molecule is CCC(CC1CC1)N1CC(=O)NCC1=O. The molecule has 15 heavy (non-hydrogen) atoms. The van der Waals surface area contributed by atoms with Gasteiger partial charge >= 0.3 is 0 Å². The van der Waals surface area contributed by atoms with Gasteiger partial charge in [-0.15, -0.1) is 0 Å². The molecule has 2 rings (SSSR count). The van der Waals surface area contributed by atoms with Gasteiger partial charge in [0, 0.05) is 6.04 Å². The minimum atomic E-state index is -0.0242. The van der Waals surface area contributed by atoms with Gasteiger partial charge in [0.15, 0.2) is 0 Å². The summed E-state index contributed by atoms with van der Waals surface area (Å²) in [5.41, 5.74) is 0. The second kappa shape index (κ2) is 4.21. The molecule has 1 N–H and O–H groups in total. The third-order valence-electron chi connectivity index (χ3n) is 3.29. The molecule has 0 radical (unpaired) electrons. The van der Waals surface area contributed by atoms with E-state index >= 15 is 0 Å². The Labute approximate surface area is 90.0 Å². The van der Waals surface area contributed by atoms with Gasteiger partial charge in [0.2, 0.25) is 11.8 Å². The van der Waals surface area contributed by atoms with E-state index in [0.29, 0.717) is 0 Å². The molecule has 1 saturated carbocycles. The molecule has 0 aromatic heterocycles. The van der Waals surface area contributed by atoms with Crippen molar-refractivity contribution in [3.63, 3.8) is 0 Å². The molecule has 4 heteroatoms. The normalized spacial score (nSPS) is 23.9. The highest BCUT2D eigenvalue weighted by molar-refractivity contribution is 5.92. The first-order chi connectivity index (χ1) is 7.20. The van der Waals surface area contributed by atoms with Gasteiger partial charge in [-0.25, -0.2) is 0 Å². The van der Waals surface area contributed by atoms with E-state index < -0.39 is 0 Å². The van der Waals surface area contributed by atoms with Gasteiger partial charge in [0.05, 0.1) is 13.1 Å². The van der Waals surface area contributed by atoms with Crippen molar-refractivity contribution in [1.82, 2.24) is 10.2 Å². The minimum Gasteiger partial charge on any atom is -0.345 e. The van der Waals surface area contributed by atoms with E-state index in [9.17, 15) is 9.59 Å². The van der Waals surface area contributed by atoms with Gasteiger partial charge < -0.3 is 10.2 Å². The van der Waals surface area contributed by atoms with Gasteiger partial charge in [0.1, 0.15) is 0 Å². The predicted molar refractivity (Wildman–Crippen MR) is 56.1 cm³/mol. The Kier molecular flexibility index (Phi) is 2.93. The van der Waals surface area contributed by atoms with E-state index in [1.807, 2.05) is 0 Å². The summed E-state index contributed by atoms with van der Waals surface area (Å²) < 4.78 is 0. The lowest BCUT2D eigenvalue weighted by Gasteiger charge is -2.33. The molecule has 0 bridgehead atoms. The third-order valence-corrected chi connectivity index (χ3v) is 3.29. The van der Waals surface area contributed by atoms with Crippen LogP contribution in [-0.4, -0.2) is 35.8 Å². The summed E-state index contributed by atoms with van der Waals surface area (Å²) in [7, 11) is 0. The summed E-state index contributed by atoms with van der Waals surface area (Å²) in [5, 5.41) is 2.58. The zero-order valence-electron chi connectivity index (χ0n) is 9.16. The summed E-state index contributed by atoms with van der Waals surface area (Å²) in [6, 6.07) is 0.274. The van der Waals surface area contributed by atoms with Crippen molar-refractivity contribution in [3.05, 3.63) is 0 Å². The van der Waals surface area contributed by atoms with Gasteiger partial charge in [-0.3, -0.25) is 9.59 Å². The number of hydrogen-bond acceptors (Lipinski definition) is 2. The number of rotatable bonds is 4. The van der Waals surface area contributed by atoms with Gasteiger partial charge in [-0.1, -0.05) is 19.8 Å². The minimum absolute atomic E-state index is 0.0242. The number of nitrogens with zero attached hydrogens (tertiary/aromatic N) is 1. The maximum Gasteiger partial charge on any atom is 0.242 e. The number of hydrogen-bond donors (Lipinski definition) is 1. The first kappa shape index (κ1) is 10.5. The number of carbonyl (C=O) groups is 2. The van der Waals surface area contributed by atoms with Crippen LogP contribution in [0.2, 0.25) is 0 Å². The molecular formula is C11H18N2O2. The van der Waals surface area contributed by atoms with Gasteiger partial charge in [-0.05, 0) is 18.8 Å². The van der Waals surface area contributed by atoms with Crippen molar-refractivity contribution in [2.45, 2.75) is 38.6 Å². The molecule has 1 unspecified atom stereocenters. The monoisotopic (exact) mass is 210 g/mol. The third kappa shape index (κ3) is 2.49. The van der Waals surface area contributed by atoms with Gasteiger partial charge in [0.25, 0.3) is 0 Å². The molecule has 1 aliphatic carbocycles. The highest BCUT2D eigenvalue weighted by atomic mass is 16.2. The molecule has 2 fully saturated rings. The molecule has 2 aliphatic rings. The highest BCUT2D eigenvalue weighted by Gasteiger charge is 2.32. The number of carbonyl (C=O) groups excluding carboxylic acids is 2. The Morgan fingerprint density at radius 3 is 2.80 bits per heavy atom. The molecule has 1 atom stereocenters. The molecule has 4 nitrogen and oxygen atoms in total. The van der Waals surface area contributed by atoms with Crippen LogP contribution in [0.5, 0.6) is 0 Å². The van der Waals surface area contributed by atoms with Crippen LogP contribution in [0.4, 0.5) is 0 Å². The van der Waals surface area contributed by atoms with E-state index in [1.54, 1.807) is 4.90 Å². The zero-order chi connectivity index (χ0) is 10.8. The van der Waals surface area contributed by atoms with Crippen molar-refractivity contribution in [1.29, 1.82) is 0 Å². The Bertz CT molecular complexity index is 274. The highest BCUT2D eigenvalue weighted by Crippen LogP contribution is 2.35. The van der Waals surface area contributed by atoms with Crippen molar-refractivity contribution in [3.8, 4) is 0 Å². The molecule has 2 amide bonds.